The summed E-state index contributed by atoms with van der Waals surface area (Å²) in [6.07, 6.45) is 3.58. The average Bonchev–Trinajstić information content (AvgIpc) is 2.03. The second kappa shape index (κ2) is 7.43. The Balaban J connectivity index is 3.14. The van der Waals surface area contributed by atoms with Crippen molar-refractivity contribution in [2.75, 3.05) is 5.75 Å². The van der Waals surface area contributed by atoms with E-state index in [1.54, 1.807) is 6.92 Å². The van der Waals surface area contributed by atoms with Gasteiger partial charge in [-0.05, 0) is 13.3 Å². The molecule has 0 radical (unpaired) electrons. The number of rotatable bonds is 7. The average molecular weight is 191 g/mol. The van der Waals surface area contributed by atoms with E-state index in [1.807, 2.05) is 0 Å². The summed E-state index contributed by atoms with van der Waals surface area (Å²) in [6.45, 7) is 3.80. The van der Waals surface area contributed by atoms with Crippen LogP contribution < -0.4 is 4.72 Å². The molecule has 0 aliphatic rings. The maximum absolute atomic E-state index is 10.3. The van der Waals surface area contributed by atoms with Gasteiger partial charge < -0.3 is 5.11 Å². The van der Waals surface area contributed by atoms with Crippen LogP contribution in [0, 0.1) is 0 Å². The molecule has 0 saturated carbocycles. The van der Waals surface area contributed by atoms with Crippen molar-refractivity contribution >= 4 is 17.9 Å². The van der Waals surface area contributed by atoms with Crippen molar-refractivity contribution in [2.45, 2.75) is 39.2 Å². The molecule has 0 amide bonds. The van der Waals surface area contributed by atoms with E-state index < -0.39 is 12.0 Å². The number of carboxylic acid groups (broad SMARTS) is 1. The van der Waals surface area contributed by atoms with Crippen LogP contribution in [0.25, 0.3) is 0 Å². The zero-order chi connectivity index (χ0) is 9.40. The van der Waals surface area contributed by atoms with Gasteiger partial charge in [0.1, 0.15) is 6.04 Å². The van der Waals surface area contributed by atoms with Gasteiger partial charge in [0, 0.05) is 5.75 Å². The fourth-order valence-electron chi connectivity index (χ4n) is 0.659. The Morgan fingerprint density at radius 3 is 2.75 bits per heavy atom. The number of carbonyl (C=O) groups is 1. The van der Waals surface area contributed by atoms with Crippen molar-refractivity contribution in [3.63, 3.8) is 0 Å². The summed E-state index contributed by atoms with van der Waals surface area (Å²) in [7, 11) is 0. The maximum Gasteiger partial charge on any atom is 0.321 e. The third-order valence-electron chi connectivity index (χ3n) is 1.48. The molecule has 0 bridgehead atoms. The van der Waals surface area contributed by atoms with Crippen molar-refractivity contribution in [1.82, 2.24) is 4.72 Å². The molecule has 2 N–H and O–H groups in total. The highest BCUT2D eigenvalue weighted by Crippen LogP contribution is 2.03. The molecule has 12 heavy (non-hydrogen) atoms. The van der Waals surface area contributed by atoms with Gasteiger partial charge in [0.05, 0.1) is 0 Å². The molecule has 0 aliphatic heterocycles. The molecule has 0 aromatic heterocycles. The Hall–Kier alpha value is -0.220. The molecule has 0 fully saturated rings. The largest absolute Gasteiger partial charge is 0.480 e. The second-order valence-electron chi connectivity index (χ2n) is 2.73. The predicted molar refractivity (Wildman–Crippen MR) is 52.2 cm³/mol. The van der Waals surface area contributed by atoms with E-state index in [-0.39, 0.29) is 0 Å². The van der Waals surface area contributed by atoms with E-state index >= 15 is 0 Å². The number of unbranched alkanes of at least 4 members (excludes halogenated alkanes) is 2. The topological polar surface area (TPSA) is 49.3 Å². The first-order valence-corrected chi connectivity index (χ1v) is 5.27. The molecule has 0 spiro atoms. The normalized spacial score (nSPS) is 12.8. The van der Waals surface area contributed by atoms with E-state index in [0.29, 0.717) is 0 Å². The minimum atomic E-state index is -0.794. The van der Waals surface area contributed by atoms with Crippen LogP contribution >= 0.6 is 11.9 Å². The fourth-order valence-corrected chi connectivity index (χ4v) is 1.48. The summed E-state index contributed by atoms with van der Waals surface area (Å²) in [5, 5.41) is 8.51. The highest BCUT2D eigenvalue weighted by Gasteiger charge is 2.08. The minimum absolute atomic E-state index is 0.448. The lowest BCUT2D eigenvalue weighted by Gasteiger charge is -2.06. The first kappa shape index (κ1) is 11.8. The van der Waals surface area contributed by atoms with Crippen molar-refractivity contribution in [2.24, 2.45) is 0 Å². The molecule has 3 nitrogen and oxygen atoms in total. The van der Waals surface area contributed by atoms with Gasteiger partial charge in [-0.2, -0.15) is 0 Å². The summed E-state index contributed by atoms with van der Waals surface area (Å²) >= 11 is 1.50. The zero-order valence-electron chi connectivity index (χ0n) is 7.67. The van der Waals surface area contributed by atoms with E-state index in [9.17, 15) is 4.79 Å². The molecule has 0 heterocycles. The van der Waals surface area contributed by atoms with Gasteiger partial charge >= 0.3 is 5.97 Å². The van der Waals surface area contributed by atoms with Crippen LogP contribution in [0.4, 0.5) is 0 Å². The molecule has 72 valence electrons. The molecule has 0 aliphatic carbocycles. The van der Waals surface area contributed by atoms with Gasteiger partial charge in [0.15, 0.2) is 0 Å². The lowest BCUT2D eigenvalue weighted by Crippen LogP contribution is -2.28. The molecule has 0 aromatic carbocycles. The van der Waals surface area contributed by atoms with Crippen molar-refractivity contribution in [3.05, 3.63) is 0 Å². The highest BCUT2D eigenvalue weighted by atomic mass is 32.2. The monoisotopic (exact) mass is 191 g/mol. The van der Waals surface area contributed by atoms with Gasteiger partial charge in [-0.1, -0.05) is 31.7 Å². The number of hydrogen-bond acceptors (Lipinski definition) is 3. The van der Waals surface area contributed by atoms with Crippen LogP contribution in [-0.4, -0.2) is 22.9 Å². The highest BCUT2D eigenvalue weighted by molar-refractivity contribution is 7.97. The first-order chi connectivity index (χ1) is 5.68. The maximum atomic E-state index is 10.3. The predicted octanol–water partition coefficient (Wildman–Crippen LogP) is 1.89. The molecular weight excluding hydrogens is 174 g/mol. The van der Waals surface area contributed by atoms with Crippen LogP contribution in [0.3, 0.4) is 0 Å². The van der Waals surface area contributed by atoms with Gasteiger partial charge in [0.2, 0.25) is 0 Å². The van der Waals surface area contributed by atoms with Crippen LogP contribution in [0.1, 0.15) is 33.1 Å². The van der Waals surface area contributed by atoms with Crippen molar-refractivity contribution in [1.29, 1.82) is 0 Å². The standard InChI is InChI=1S/C8H17NO2S/c1-3-4-5-6-12-9-7(2)8(10)11/h7,9H,3-6H2,1-2H3,(H,10,11). The van der Waals surface area contributed by atoms with Gasteiger partial charge in [0.25, 0.3) is 0 Å². The van der Waals surface area contributed by atoms with Crippen LogP contribution in [-0.2, 0) is 4.79 Å². The summed E-state index contributed by atoms with van der Waals surface area (Å²) < 4.78 is 2.86. The molecule has 0 rings (SSSR count). The smallest absolute Gasteiger partial charge is 0.321 e. The summed E-state index contributed by atoms with van der Waals surface area (Å²) in [5.41, 5.74) is 0. The molecule has 0 saturated heterocycles. The van der Waals surface area contributed by atoms with Crippen LogP contribution in [0.15, 0.2) is 0 Å². The Kier molecular flexibility index (Phi) is 7.29. The quantitative estimate of drug-likeness (QED) is 0.476. The number of carboxylic acids is 1. The molecule has 1 unspecified atom stereocenters. The fraction of sp³-hybridized carbons (Fsp3) is 0.875. The molecule has 0 aromatic rings. The Morgan fingerprint density at radius 2 is 2.25 bits per heavy atom. The van der Waals surface area contributed by atoms with Gasteiger partial charge in [-0.25, -0.2) is 0 Å². The molecular formula is C8H17NO2S. The SMILES string of the molecule is CCCCCSNC(C)C(=O)O. The number of hydrogen-bond donors (Lipinski definition) is 2. The third-order valence-corrected chi connectivity index (χ3v) is 2.49. The lowest BCUT2D eigenvalue weighted by molar-refractivity contribution is -0.138. The molecule has 1 atom stereocenters. The molecule has 4 heteroatoms. The van der Waals surface area contributed by atoms with Gasteiger partial charge in [-0.15, -0.1) is 0 Å². The van der Waals surface area contributed by atoms with Gasteiger partial charge in [-0.3, -0.25) is 9.52 Å². The second-order valence-corrected chi connectivity index (χ2v) is 3.67. The number of nitrogens with one attached hydrogen (secondary N) is 1. The zero-order valence-corrected chi connectivity index (χ0v) is 8.49. The summed E-state index contributed by atoms with van der Waals surface area (Å²) in [6, 6.07) is -0.448. The number of aliphatic carboxylic acids is 1. The Bertz CT molecular complexity index is 130. The summed E-state index contributed by atoms with van der Waals surface area (Å²) in [4.78, 5) is 10.3. The van der Waals surface area contributed by atoms with Crippen LogP contribution in [0.2, 0.25) is 0 Å². The summed E-state index contributed by atoms with van der Waals surface area (Å²) in [5.74, 6) is 0.198. The van der Waals surface area contributed by atoms with E-state index in [2.05, 4.69) is 11.6 Å². The van der Waals surface area contributed by atoms with Crippen LogP contribution in [0.5, 0.6) is 0 Å². The third kappa shape index (κ3) is 6.49. The first-order valence-electron chi connectivity index (χ1n) is 4.28. The van der Waals surface area contributed by atoms with E-state index in [4.69, 9.17) is 5.11 Å². The minimum Gasteiger partial charge on any atom is -0.480 e. The van der Waals surface area contributed by atoms with E-state index in [0.717, 1.165) is 12.2 Å². The van der Waals surface area contributed by atoms with E-state index in [1.165, 1.54) is 24.8 Å². The Morgan fingerprint density at radius 1 is 1.58 bits per heavy atom. The lowest BCUT2D eigenvalue weighted by atomic mass is 10.3. The van der Waals surface area contributed by atoms with Crippen molar-refractivity contribution in [3.8, 4) is 0 Å². The Labute approximate surface area is 78.1 Å². The van der Waals surface area contributed by atoms with Crippen molar-refractivity contribution < 1.29 is 9.90 Å².